The molecule has 11 aromatic carbocycles. The van der Waals surface area contributed by atoms with E-state index in [1.807, 2.05) is 0 Å². The molecule has 14 rings (SSSR count). The van der Waals surface area contributed by atoms with Gasteiger partial charge in [0.1, 0.15) is 0 Å². The van der Waals surface area contributed by atoms with Crippen molar-refractivity contribution in [3.05, 3.63) is 289 Å². The van der Waals surface area contributed by atoms with Crippen molar-refractivity contribution in [1.82, 2.24) is 4.57 Å². The smallest absolute Gasteiger partial charge is 0.0727 e. The number of aromatic nitrogens is 1. The quantitative estimate of drug-likeness (QED) is 0.155. The number of benzene rings is 11. The van der Waals surface area contributed by atoms with Crippen LogP contribution in [0.1, 0.15) is 22.3 Å². The van der Waals surface area contributed by atoms with E-state index < -0.39 is 5.41 Å². The van der Waals surface area contributed by atoms with E-state index in [0.29, 0.717) is 0 Å². The third kappa shape index (κ3) is 5.92. The van der Waals surface area contributed by atoms with Gasteiger partial charge in [-0.3, -0.25) is 0 Å². The molecular formula is C67H44N2. The van der Waals surface area contributed by atoms with Gasteiger partial charge in [0.25, 0.3) is 0 Å². The second-order valence-electron chi connectivity index (χ2n) is 18.4. The first kappa shape index (κ1) is 39.2. The van der Waals surface area contributed by atoms with Gasteiger partial charge in [-0.05, 0) is 133 Å². The van der Waals surface area contributed by atoms with Crippen LogP contribution in [0.3, 0.4) is 0 Å². The molecule has 1 aromatic heterocycles. The lowest BCUT2D eigenvalue weighted by Crippen LogP contribution is -2.26. The predicted molar refractivity (Wildman–Crippen MR) is 288 cm³/mol. The monoisotopic (exact) mass is 876 g/mol. The molecular weight excluding hydrogens is 833 g/mol. The Morgan fingerprint density at radius 2 is 0.739 bits per heavy atom. The van der Waals surface area contributed by atoms with Crippen LogP contribution in [-0.2, 0) is 5.41 Å². The third-order valence-corrected chi connectivity index (χ3v) is 14.8. The summed E-state index contributed by atoms with van der Waals surface area (Å²) in [5.74, 6) is 0. The van der Waals surface area contributed by atoms with Gasteiger partial charge in [-0.2, -0.15) is 0 Å². The SMILES string of the molecule is c1ccc(-c2ccc(N(c3ccc(-c4ccccc4)cc3)c3ccc4c(c3)C3(c5ccccc5-c5ccccc53)c3cccc(-n5c6ccccc6c6cc(-c7ccccc7)ccc65)c3-4)cc2)cc1. The number of para-hydroxylation sites is 1. The van der Waals surface area contributed by atoms with Crippen molar-refractivity contribution >= 4 is 38.9 Å². The molecule has 12 aromatic rings. The normalized spacial score (nSPS) is 12.8. The van der Waals surface area contributed by atoms with E-state index in [4.69, 9.17) is 0 Å². The van der Waals surface area contributed by atoms with Crippen molar-refractivity contribution in [1.29, 1.82) is 0 Å². The Morgan fingerprint density at radius 3 is 1.35 bits per heavy atom. The molecule has 0 bridgehead atoms. The lowest BCUT2D eigenvalue weighted by atomic mass is 9.70. The molecule has 2 heteroatoms. The van der Waals surface area contributed by atoms with Crippen LogP contribution >= 0.6 is 0 Å². The van der Waals surface area contributed by atoms with Crippen LogP contribution in [0.15, 0.2) is 267 Å². The summed E-state index contributed by atoms with van der Waals surface area (Å²) in [7, 11) is 0. The van der Waals surface area contributed by atoms with Crippen LogP contribution in [0, 0.1) is 0 Å². The highest BCUT2D eigenvalue weighted by molar-refractivity contribution is 6.11. The Hall–Kier alpha value is -8.98. The minimum absolute atomic E-state index is 0.566. The average Bonchev–Trinajstić information content (AvgIpc) is 4.04. The fraction of sp³-hybridized carbons (Fsp3) is 0.0149. The number of anilines is 3. The minimum atomic E-state index is -0.566. The molecule has 1 spiro atoms. The number of nitrogens with zero attached hydrogens (tertiary/aromatic N) is 2. The zero-order valence-corrected chi connectivity index (χ0v) is 37.8. The maximum absolute atomic E-state index is 2.52. The van der Waals surface area contributed by atoms with Crippen LogP contribution in [0.5, 0.6) is 0 Å². The summed E-state index contributed by atoms with van der Waals surface area (Å²) < 4.78 is 2.52. The molecule has 0 radical (unpaired) electrons. The molecule has 2 nitrogen and oxygen atoms in total. The van der Waals surface area contributed by atoms with Crippen molar-refractivity contribution in [2.75, 3.05) is 4.90 Å². The highest BCUT2D eigenvalue weighted by Crippen LogP contribution is 2.64. The van der Waals surface area contributed by atoms with Gasteiger partial charge in [-0.25, -0.2) is 0 Å². The van der Waals surface area contributed by atoms with Crippen molar-refractivity contribution < 1.29 is 0 Å². The maximum Gasteiger partial charge on any atom is 0.0727 e. The predicted octanol–water partition coefficient (Wildman–Crippen LogP) is 17.6. The molecule has 2 aliphatic rings. The first-order valence-corrected chi connectivity index (χ1v) is 23.9. The van der Waals surface area contributed by atoms with Crippen LogP contribution in [-0.4, -0.2) is 4.57 Å². The zero-order chi connectivity index (χ0) is 45.5. The summed E-state index contributed by atoms with van der Waals surface area (Å²) in [4.78, 5) is 2.44. The van der Waals surface area contributed by atoms with Crippen LogP contribution in [0.4, 0.5) is 17.1 Å². The molecule has 0 saturated carbocycles. The van der Waals surface area contributed by atoms with Crippen molar-refractivity contribution in [2.45, 2.75) is 5.41 Å². The third-order valence-electron chi connectivity index (χ3n) is 14.8. The summed E-state index contributed by atoms with van der Waals surface area (Å²) in [6, 6.07) is 98.6. The summed E-state index contributed by atoms with van der Waals surface area (Å²) in [5.41, 5.74) is 23.9. The fourth-order valence-electron chi connectivity index (χ4n) is 11.8. The van der Waals surface area contributed by atoms with E-state index in [1.165, 1.54) is 105 Å². The van der Waals surface area contributed by atoms with Crippen molar-refractivity contribution in [3.63, 3.8) is 0 Å². The van der Waals surface area contributed by atoms with Gasteiger partial charge < -0.3 is 9.47 Å². The van der Waals surface area contributed by atoms with Gasteiger partial charge in [0.2, 0.25) is 0 Å². The van der Waals surface area contributed by atoms with E-state index in [2.05, 4.69) is 276 Å². The zero-order valence-electron chi connectivity index (χ0n) is 37.8. The van der Waals surface area contributed by atoms with Crippen LogP contribution in [0.25, 0.3) is 83.1 Å². The lowest BCUT2D eigenvalue weighted by molar-refractivity contribution is 0.793. The maximum atomic E-state index is 2.52. The van der Waals surface area contributed by atoms with Crippen molar-refractivity contribution in [2.24, 2.45) is 0 Å². The topological polar surface area (TPSA) is 8.17 Å². The van der Waals surface area contributed by atoms with E-state index in [1.54, 1.807) is 0 Å². The Bertz CT molecular complexity index is 3790. The first-order chi connectivity index (χ1) is 34.2. The molecule has 322 valence electrons. The Balaban J connectivity index is 1.02. The first-order valence-electron chi connectivity index (χ1n) is 23.9. The Morgan fingerprint density at radius 1 is 0.275 bits per heavy atom. The second kappa shape index (κ2) is 15.6. The van der Waals surface area contributed by atoms with Gasteiger partial charge in [0, 0.05) is 33.4 Å². The molecule has 0 saturated heterocycles. The molecule has 2 aliphatic carbocycles. The molecule has 1 heterocycles. The number of hydrogen-bond donors (Lipinski definition) is 0. The lowest BCUT2D eigenvalue weighted by Gasteiger charge is -2.32. The summed E-state index contributed by atoms with van der Waals surface area (Å²) in [6.45, 7) is 0. The molecule has 0 amide bonds. The standard InChI is InChI=1S/C67H44N2/c1-4-17-45(18-5-1)48-31-36-51(37-32-48)68(52-38-33-49(34-39-52)46-19-6-2-7-20-46)53-40-41-57-62(44-53)67(59-26-13-10-23-54(59)55-24-11-14-27-60(55)67)61-28-16-30-65(66(57)61)69-63-29-15-12-25-56(63)58-43-50(35-42-64(58)69)47-21-8-3-9-22-47/h1-44H. The van der Waals surface area contributed by atoms with Gasteiger partial charge in [0.05, 0.1) is 22.1 Å². The van der Waals surface area contributed by atoms with E-state index >= 15 is 0 Å². The largest absolute Gasteiger partial charge is 0.310 e. The molecule has 0 fully saturated rings. The van der Waals surface area contributed by atoms with Gasteiger partial charge in [0.15, 0.2) is 0 Å². The molecule has 0 N–H and O–H groups in total. The fourth-order valence-corrected chi connectivity index (χ4v) is 11.8. The summed E-state index contributed by atoms with van der Waals surface area (Å²) in [6.07, 6.45) is 0. The number of fused-ring (bicyclic) bond motifs is 13. The van der Waals surface area contributed by atoms with Gasteiger partial charge in [-0.1, -0.05) is 206 Å². The van der Waals surface area contributed by atoms with Gasteiger partial charge in [-0.15, -0.1) is 0 Å². The van der Waals surface area contributed by atoms with Crippen LogP contribution < -0.4 is 4.90 Å². The number of rotatable bonds is 7. The Labute approximate surface area is 402 Å². The summed E-state index contributed by atoms with van der Waals surface area (Å²) >= 11 is 0. The van der Waals surface area contributed by atoms with Crippen molar-refractivity contribution in [3.8, 4) is 61.3 Å². The summed E-state index contributed by atoms with van der Waals surface area (Å²) in [5, 5.41) is 2.49. The highest BCUT2D eigenvalue weighted by atomic mass is 15.1. The Kier molecular flexibility index (Phi) is 8.84. The van der Waals surface area contributed by atoms with E-state index in [-0.39, 0.29) is 0 Å². The average molecular weight is 877 g/mol. The van der Waals surface area contributed by atoms with Gasteiger partial charge >= 0.3 is 0 Å². The minimum Gasteiger partial charge on any atom is -0.310 e. The van der Waals surface area contributed by atoms with E-state index in [9.17, 15) is 0 Å². The molecule has 69 heavy (non-hydrogen) atoms. The molecule has 0 atom stereocenters. The molecule has 0 aliphatic heterocycles. The second-order valence-corrected chi connectivity index (χ2v) is 18.4. The van der Waals surface area contributed by atoms with E-state index in [0.717, 1.165) is 17.1 Å². The highest BCUT2D eigenvalue weighted by Gasteiger charge is 2.52. The molecule has 0 unspecified atom stereocenters. The number of hydrogen-bond acceptors (Lipinski definition) is 1. The van der Waals surface area contributed by atoms with Crippen LogP contribution in [0.2, 0.25) is 0 Å².